The Bertz CT molecular complexity index is 578. The number of halogens is 5. The lowest BCUT2D eigenvalue weighted by molar-refractivity contribution is 0.442. The van der Waals surface area contributed by atoms with E-state index in [0.717, 1.165) is 16.5 Å². The standard InChI is InChI=1S/C12H7BrClF3S/c1-5-4-8(18-12(5)14)9(13)6-2-3-7(15)11(17)10(6)16/h2-4,9H,1H3. The highest BCUT2D eigenvalue weighted by Gasteiger charge is 2.22. The number of alkyl halides is 1. The summed E-state index contributed by atoms with van der Waals surface area (Å²) in [7, 11) is 0. The minimum atomic E-state index is -1.46. The van der Waals surface area contributed by atoms with Gasteiger partial charge in [-0.25, -0.2) is 13.2 Å². The summed E-state index contributed by atoms with van der Waals surface area (Å²) in [6, 6.07) is 3.91. The highest BCUT2D eigenvalue weighted by Crippen LogP contribution is 2.40. The van der Waals surface area contributed by atoms with E-state index in [4.69, 9.17) is 11.6 Å². The maximum Gasteiger partial charge on any atom is 0.194 e. The van der Waals surface area contributed by atoms with Crippen molar-refractivity contribution >= 4 is 38.9 Å². The quantitative estimate of drug-likeness (QED) is 0.485. The molecule has 0 amide bonds. The smallest absolute Gasteiger partial charge is 0.194 e. The second-order valence-corrected chi connectivity index (χ2v) is 6.33. The van der Waals surface area contributed by atoms with E-state index in [-0.39, 0.29) is 5.56 Å². The fourth-order valence-corrected chi connectivity index (χ4v) is 3.48. The van der Waals surface area contributed by atoms with Gasteiger partial charge in [-0.1, -0.05) is 33.6 Å². The third kappa shape index (κ3) is 2.44. The van der Waals surface area contributed by atoms with Crippen LogP contribution >= 0.6 is 38.9 Å². The summed E-state index contributed by atoms with van der Waals surface area (Å²) in [5, 5.41) is 0. The van der Waals surface area contributed by atoms with Crippen LogP contribution < -0.4 is 0 Å². The summed E-state index contributed by atoms with van der Waals surface area (Å²) in [4.78, 5) is 0.186. The molecule has 0 aliphatic carbocycles. The van der Waals surface area contributed by atoms with Crippen LogP contribution in [0.5, 0.6) is 0 Å². The Kier molecular flexibility index (Phi) is 4.04. The van der Waals surface area contributed by atoms with E-state index in [0.29, 0.717) is 4.34 Å². The predicted molar refractivity (Wildman–Crippen MR) is 71.2 cm³/mol. The molecule has 0 saturated carbocycles. The van der Waals surface area contributed by atoms with E-state index in [1.165, 1.54) is 17.4 Å². The van der Waals surface area contributed by atoms with E-state index in [2.05, 4.69) is 15.9 Å². The van der Waals surface area contributed by atoms with Crippen molar-refractivity contribution in [2.75, 3.05) is 0 Å². The molecule has 0 aliphatic rings. The van der Waals surface area contributed by atoms with Crippen LogP contribution in [0.4, 0.5) is 13.2 Å². The van der Waals surface area contributed by atoms with Crippen molar-refractivity contribution in [1.82, 2.24) is 0 Å². The van der Waals surface area contributed by atoms with Gasteiger partial charge in [0.15, 0.2) is 17.5 Å². The molecule has 2 rings (SSSR count). The Morgan fingerprint density at radius 1 is 1.22 bits per heavy atom. The van der Waals surface area contributed by atoms with Crippen molar-refractivity contribution in [3.8, 4) is 0 Å². The zero-order chi connectivity index (χ0) is 13.4. The number of rotatable bonds is 2. The zero-order valence-corrected chi connectivity index (χ0v) is 12.3. The molecule has 1 heterocycles. The minimum Gasteiger partial charge on any atom is -0.204 e. The van der Waals surface area contributed by atoms with Gasteiger partial charge in [0.05, 0.1) is 9.16 Å². The highest BCUT2D eigenvalue weighted by molar-refractivity contribution is 9.09. The van der Waals surface area contributed by atoms with Crippen molar-refractivity contribution in [2.45, 2.75) is 11.8 Å². The summed E-state index contributed by atoms with van der Waals surface area (Å²) in [6.07, 6.45) is 0. The topological polar surface area (TPSA) is 0 Å². The summed E-state index contributed by atoms with van der Waals surface area (Å²) >= 11 is 10.5. The molecule has 0 saturated heterocycles. The predicted octanol–water partition coefficient (Wildman–Crippen LogP) is 5.61. The summed E-state index contributed by atoms with van der Waals surface area (Å²) in [6.45, 7) is 1.82. The van der Waals surface area contributed by atoms with Gasteiger partial charge in [0.25, 0.3) is 0 Å². The normalized spacial score (nSPS) is 12.8. The molecule has 2 aromatic rings. The molecule has 0 radical (unpaired) electrons. The lowest BCUT2D eigenvalue weighted by Crippen LogP contribution is -2.00. The Morgan fingerprint density at radius 2 is 1.89 bits per heavy atom. The van der Waals surface area contributed by atoms with Gasteiger partial charge in [-0.15, -0.1) is 11.3 Å². The van der Waals surface area contributed by atoms with Crippen LogP contribution in [0.25, 0.3) is 0 Å². The largest absolute Gasteiger partial charge is 0.204 e. The third-order valence-corrected chi connectivity index (χ3v) is 5.37. The molecular weight excluding hydrogens is 349 g/mol. The second kappa shape index (κ2) is 5.23. The molecular formula is C12H7BrClF3S. The van der Waals surface area contributed by atoms with E-state index >= 15 is 0 Å². The fraction of sp³-hybridized carbons (Fsp3) is 0.167. The Hall–Kier alpha value is -0.520. The summed E-state index contributed by atoms with van der Waals surface area (Å²) < 4.78 is 40.2. The highest BCUT2D eigenvalue weighted by atomic mass is 79.9. The van der Waals surface area contributed by atoms with E-state index in [1.54, 1.807) is 6.07 Å². The van der Waals surface area contributed by atoms with E-state index < -0.39 is 22.3 Å². The van der Waals surface area contributed by atoms with Gasteiger partial charge in [0.2, 0.25) is 0 Å². The lowest BCUT2D eigenvalue weighted by atomic mass is 10.1. The van der Waals surface area contributed by atoms with Crippen LogP contribution in [0.3, 0.4) is 0 Å². The number of hydrogen-bond donors (Lipinski definition) is 0. The average molecular weight is 356 g/mol. The van der Waals surface area contributed by atoms with Gasteiger partial charge >= 0.3 is 0 Å². The number of hydrogen-bond acceptors (Lipinski definition) is 1. The molecule has 18 heavy (non-hydrogen) atoms. The van der Waals surface area contributed by atoms with E-state index in [1.807, 2.05) is 6.92 Å². The van der Waals surface area contributed by atoms with Crippen LogP contribution in [0, 0.1) is 24.4 Å². The van der Waals surface area contributed by atoms with Crippen LogP contribution in [-0.4, -0.2) is 0 Å². The lowest BCUT2D eigenvalue weighted by Gasteiger charge is -2.10. The van der Waals surface area contributed by atoms with Crippen LogP contribution in [0.2, 0.25) is 4.34 Å². The first-order chi connectivity index (χ1) is 8.41. The zero-order valence-electron chi connectivity index (χ0n) is 9.11. The Morgan fingerprint density at radius 3 is 2.44 bits per heavy atom. The van der Waals surface area contributed by atoms with Gasteiger partial charge in [-0.05, 0) is 24.6 Å². The third-order valence-electron chi connectivity index (χ3n) is 2.46. The molecule has 0 spiro atoms. The first-order valence-corrected chi connectivity index (χ1v) is 7.06. The average Bonchev–Trinajstić information content (AvgIpc) is 2.66. The molecule has 6 heteroatoms. The molecule has 1 atom stereocenters. The van der Waals surface area contributed by atoms with Crippen molar-refractivity contribution in [3.63, 3.8) is 0 Å². The fourth-order valence-electron chi connectivity index (χ4n) is 1.50. The van der Waals surface area contributed by atoms with Gasteiger partial charge < -0.3 is 0 Å². The summed E-state index contributed by atoms with van der Waals surface area (Å²) in [5.74, 6) is -3.84. The number of aryl methyl sites for hydroxylation is 1. The Balaban J connectivity index is 2.46. The molecule has 0 aliphatic heterocycles. The molecule has 0 bridgehead atoms. The molecule has 1 aromatic heterocycles. The van der Waals surface area contributed by atoms with Crippen LogP contribution in [0.1, 0.15) is 20.8 Å². The molecule has 1 unspecified atom stereocenters. The second-order valence-electron chi connectivity index (χ2n) is 3.73. The van der Waals surface area contributed by atoms with Crippen LogP contribution in [0.15, 0.2) is 18.2 Å². The van der Waals surface area contributed by atoms with Gasteiger partial charge in [-0.2, -0.15) is 0 Å². The Labute approximate surface area is 120 Å². The van der Waals surface area contributed by atoms with Crippen molar-refractivity contribution in [1.29, 1.82) is 0 Å². The molecule has 0 nitrogen and oxygen atoms in total. The van der Waals surface area contributed by atoms with Gasteiger partial charge in [0, 0.05) is 10.4 Å². The SMILES string of the molecule is Cc1cc(C(Br)c2ccc(F)c(F)c2F)sc1Cl. The first kappa shape index (κ1) is 13.9. The molecule has 1 aromatic carbocycles. The molecule has 0 fully saturated rings. The van der Waals surface area contributed by atoms with Gasteiger partial charge in [0.1, 0.15) is 0 Å². The minimum absolute atomic E-state index is 0.0480. The number of benzene rings is 1. The molecule has 96 valence electrons. The van der Waals surface area contributed by atoms with Crippen LogP contribution in [-0.2, 0) is 0 Å². The molecule has 0 N–H and O–H groups in total. The van der Waals surface area contributed by atoms with Crippen molar-refractivity contribution in [3.05, 3.63) is 56.0 Å². The first-order valence-electron chi connectivity index (χ1n) is 4.95. The number of thiophene rings is 1. The maximum atomic E-state index is 13.6. The monoisotopic (exact) mass is 354 g/mol. The van der Waals surface area contributed by atoms with Crippen molar-refractivity contribution < 1.29 is 13.2 Å². The summed E-state index contributed by atoms with van der Waals surface area (Å²) in [5.41, 5.74) is 0.913. The maximum absolute atomic E-state index is 13.6. The van der Waals surface area contributed by atoms with Crippen molar-refractivity contribution in [2.24, 2.45) is 0 Å². The van der Waals surface area contributed by atoms with E-state index in [9.17, 15) is 13.2 Å². The van der Waals surface area contributed by atoms with Gasteiger partial charge in [-0.3, -0.25) is 0 Å².